The molecule has 0 fully saturated rings. The minimum Gasteiger partial charge on any atom is -1.00 e. The SMILES string of the molecule is CCC1[C-]=CC(C(C)(C)C)=C1.Cc1[c-]c2c(cc1C)-c1cc(C)c(C)cc1C2.Clc1ccc([C](=[Zr+2])c2ccc(Cl)cc2)cc1.[Cl-].[Cl-]. The first-order chi connectivity index (χ1) is 20.8. The van der Waals surface area contributed by atoms with Crippen LogP contribution in [0.1, 0.15) is 78.6 Å². The van der Waals surface area contributed by atoms with E-state index in [1.165, 1.54) is 95.1 Å². The summed E-state index contributed by atoms with van der Waals surface area (Å²) < 4.78 is 1.31. The van der Waals surface area contributed by atoms with Gasteiger partial charge >= 0.3 is 120 Å². The van der Waals surface area contributed by atoms with Gasteiger partial charge in [-0.15, -0.1) is 11.1 Å². The summed E-state index contributed by atoms with van der Waals surface area (Å²) in [5.74, 6) is 0.573. The van der Waals surface area contributed by atoms with E-state index in [9.17, 15) is 0 Å². The molecule has 4 aromatic carbocycles. The summed E-state index contributed by atoms with van der Waals surface area (Å²) in [6, 6.07) is 26.4. The Hall–Kier alpha value is -1.73. The first-order valence-corrected chi connectivity index (χ1v) is 17.3. The molecule has 0 saturated heterocycles. The van der Waals surface area contributed by atoms with E-state index in [4.69, 9.17) is 23.2 Å². The van der Waals surface area contributed by atoms with Gasteiger partial charge in [0.1, 0.15) is 0 Å². The van der Waals surface area contributed by atoms with E-state index >= 15 is 0 Å². The van der Waals surface area contributed by atoms with Gasteiger partial charge in [-0.1, -0.05) is 77.0 Å². The Morgan fingerprint density at radius 1 is 0.783 bits per heavy atom. The van der Waals surface area contributed by atoms with Crippen LogP contribution in [0.4, 0.5) is 0 Å². The summed E-state index contributed by atoms with van der Waals surface area (Å²) in [6.07, 6.45) is 10.1. The largest absolute Gasteiger partial charge is 1.00 e. The molecule has 240 valence electrons. The standard InChI is InChI=1S/C17H17.C13H8Cl2.C11H17.2ClH.Zr/c1-10-5-14-9-15-6-11(2)13(4)8-17(15)16(14)7-12(10)3;14-12-5-1-10(2-6-12)9-11-3-7-13(15)8-4-11;1-5-9-6-7-10(8-9)11(2,3)4;;;/h5,7-8H,9H2,1-4H3;1-8H;7-9H,5H2,1-4H3;2*1H;/q-1;;-1;;;+2/p-2. The quantitative estimate of drug-likeness (QED) is 0.205. The molecule has 0 spiro atoms. The zero-order chi connectivity index (χ0) is 32.2. The Balaban J connectivity index is 0.000000241. The van der Waals surface area contributed by atoms with E-state index in [-0.39, 0.29) is 24.8 Å². The van der Waals surface area contributed by atoms with Crippen LogP contribution < -0.4 is 24.8 Å². The molecular weight excluding hydrogens is 725 g/mol. The van der Waals surface area contributed by atoms with Crippen LogP contribution in [0.2, 0.25) is 10.0 Å². The topological polar surface area (TPSA) is 0 Å². The molecule has 0 nitrogen and oxygen atoms in total. The van der Waals surface area contributed by atoms with Gasteiger partial charge in [0.05, 0.1) is 0 Å². The number of aryl methyl sites for hydroxylation is 4. The molecule has 0 N–H and O–H groups in total. The predicted octanol–water partition coefficient (Wildman–Crippen LogP) is 5.77. The number of fused-ring (bicyclic) bond motifs is 3. The fourth-order valence-corrected chi connectivity index (χ4v) is 6.33. The number of hydrogen-bond donors (Lipinski definition) is 0. The molecule has 0 aromatic heterocycles. The summed E-state index contributed by atoms with van der Waals surface area (Å²) in [4.78, 5) is 0. The first-order valence-electron chi connectivity index (χ1n) is 15.3. The third-order valence-corrected chi connectivity index (χ3v) is 10.3. The van der Waals surface area contributed by atoms with Gasteiger partial charge in [0.25, 0.3) is 0 Å². The van der Waals surface area contributed by atoms with Crippen molar-refractivity contribution in [2.45, 2.75) is 68.2 Å². The van der Waals surface area contributed by atoms with Crippen LogP contribution in [-0.4, -0.2) is 3.21 Å². The fraction of sp³-hybridized carbons (Fsp3) is 0.293. The van der Waals surface area contributed by atoms with Gasteiger partial charge in [0.15, 0.2) is 0 Å². The van der Waals surface area contributed by atoms with Gasteiger partial charge in [-0.25, -0.2) is 6.08 Å². The van der Waals surface area contributed by atoms with Crippen molar-refractivity contribution in [2.24, 2.45) is 11.3 Å². The van der Waals surface area contributed by atoms with E-state index in [0.29, 0.717) is 11.3 Å². The van der Waals surface area contributed by atoms with Crippen molar-refractivity contribution in [3.8, 4) is 11.1 Å². The minimum absolute atomic E-state index is 0. The van der Waals surface area contributed by atoms with E-state index in [1.54, 1.807) is 0 Å². The normalized spacial score (nSPS) is 13.9. The van der Waals surface area contributed by atoms with Gasteiger partial charge in [0, 0.05) is 0 Å². The Kier molecular flexibility index (Phi) is 15.5. The molecule has 2 aliphatic rings. The zero-order valence-electron chi connectivity index (χ0n) is 28.0. The maximum absolute atomic E-state index is 5.86. The van der Waals surface area contributed by atoms with Crippen LogP contribution in [0.25, 0.3) is 11.1 Å². The molecule has 2 aliphatic carbocycles. The number of rotatable bonds is 3. The van der Waals surface area contributed by atoms with Crippen LogP contribution in [0.5, 0.6) is 0 Å². The number of hydrogen-bond acceptors (Lipinski definition) is 0. The molecule has 0 radical (unpaired) electrons. The van der Waals surface area contributed by atoms with Crippen molar-refractivity contribution in [3.05, 3.63) is 151 Å². The zero-order valence-corrected chi connectivity index (χ0v) is 33.5. The molecule has 1 atom stereocenters. The second kappa shape index (κ2) is 17.6. The first kappa shape index (κ1) is 40.4. The average molecular weight is 768 g/mol. The van der Waals surface area contributed by atoms with E-state index in [0.717, 1.165) is 16.5 Å². The molecule has 1 unspecified atom stereocenters. The summed E-state index contributed by atoms with van der Waals surface area (Å²) in [6.45, 7) is 17.6. The molecule has 0 amide bonds. The van der Waals surface area contributed by atoms with Crippen LogP contribution >= 0.6 is 23.2 Å². The fourth-order valence-electron chi connectivity index (χ4n) is 5.26. The molecule has 4 aromatic rings. The minimum atomic E-state index is 0. The molecular formula is C41H42Cl4Zr-2. The molecule has 5 heteroatoms. The van der Waals surface area contributed by atoms with Crippen molar-refractivity contribution >= 4 is 26.4 Å². The summed E-state index contributed by atoms with van der Waals surface area (Å²) in [5.41, 5.74) is 15.2. The molecule has 6 rings (SSSR count). The molecule has 0 saturated carbocycles. The van der Waals surface area contributed by atoms with Crippen molar-refractivity contribution in [1.82, 2.24) is 0 Å². The van der Waals surface area contributed by atoms with E-state index in [2.05, 4.69) is 97.9 Å². The number of allylic oxidation sites excluding steroid dienone is 4. The van der Waals surface area contributed by atoms with Gasteiger partial charge in [-0.2, -0.15) is 34.9 Å². The van der Waals surface area contributed by atoms with Crippen LogP contribution in [0, 0.1) is 51.2 Å². The summed E-state index contributed by atoms with van der Waals surface area (Å²) >= 11 is 13.1. The second-order valence-electron chi connectivity index (χ2n) is 12.8. The monoisotopic (exact) mass is 764 g/mol. The predicted molar refractivity (Wildman–Crippen MR) is 188 cm³/mol. The average Bonchev–Trinajstić information content (AvgIpc) is 3.60. The van der Waals surface area contributed by atoms with Gasteiger partial charge in [0.2, 0.25) is 0 Å². The van der Waals surface area contributed by atoms with Crippen LogP contribution in [0.3, 0.4) is 0 Å². The summed E-state index contributed by atoms with van der Waals surface area (Å²) in [7, 11) is 0. The third kappa shape index (κ3) is 10.4. The number of benzene rings is 4. The van der Waals surface area contributed by atoms with Gasteiger partial charge < -0.3 is 24.8 Å². The van der Waals surface area contributed by atoms with Crippen molar-refractivity contribution < 1.29 is 49.0 Å². The van der Waals surface area contributed by atoms with Crippen molar-refractivity contribution in [2.75, 3.05) is 0 Å². The molecule has 46 heavy (non-hydrogen) atoms. The smallest absolute Gasteiger partial charge is 1.00 e. The maximum Gasteiger partial charge on any atom is -1.00 e. The Morgan fingerprint density at radius 2 is 1.28 bits per heavy atom. The van der Waals surface area contributed by atoms with Crippen molar-refractivity contribution in [3.63, 3.8) is 0 Å². The second-order valence-corrected chi connectivity index (χ2v) is 14.9. The van der Waals surface area contributed by atoms with Gasteiger partial charge in [-0.05, 0) is 37.0 Å². The maximum atomic E-state index is 5.86. The van der Waals surface area contributed by atoms with E-state index in [1.807, 2.05) is 48.5 Å². The Labute approximate surface area is 314 Å². The van der Waals surface area contributed by atoms with Crippen LogP contribution in [0.15, 0.2) is 84.5 Å². The van der Waals surface area contributed by atoms with Crippen molar-refractivity contribution in [1.29, 1.82) is 0 Å². The van der Waals surface area contributed by atoms with Gasteiger partial charge in [-0.3, -0.25) is 6.08 Å². The Morgan fingerprint density at radius 3 is 1.74 bits per heavy atom. The molecule has 0 heterocycles. The van der Waals surface area contributed by atoms with Crippen LogP contribution in [-0.2, 0) is 30.7 Å². The molecule has 0 aliphatic heterocycles. The van der Waals surface area contributed by atoms with E-state index < -0.39 is 0 Å². The molecule has 0 bridgehead atoms. The number of halogens is 4. The Bertz CT molecular complexity index is 1600. The third-order valence-electron chi connectivity index (χ3n) is 8.40. The summed E-state index contributed by atoms with van der Waals surface area (Å²) in [5, 5.41) is 1.53.